The molecule has 0 aliphatic carbocycles. The number of fused-ring (bicyclic) bond motifs is 1. The van der Waals surface area contributed by atoms with Crippen LogP contribution in [0.5, 0.6) is 5.75 Å². The quantitative estimate of drug-likeness (QED) is 0.934. The normalized spacial score (nSPS) is 11.9. The standard InChI is InChI=1S/C16H21ClN2O/c1-10-5-14(20-4)13-7-12(17)6-11(15(13)19-10)8-16(2,3)9-18/h5-7H,8-9,18H2,1-4H3. The Morgan fingerprint density at radius 1 is 1.30 bits per heavy atom. The van der Waals surface area contributed by atoms with Crippen molar-refractivity contribution in [2.45, 2.75) is 27.2 Å². The molecule has 2 N–H and O–H groups in total. The number of aromatic nitrogens is 1. The molecule has 0 atom stereocenters. The van der Waals surface area contributed by atoms with Gasteiger partial charge in [0.1, 0.15) is 5.75 Å². The Kier molecular flexibility index (Phi) is 4.21. The van der Waals surface area contributed by atoms with Gasteiger partial charge in [0.25, 0.3) is 0 Å². The molecular formula is C16H21ClN2O. The number of halogens is 1. The third kappa shape index (κ3) is 3.05. The molecule has 0 saturated heterocycles. The Bertz CT molecular complexity index is 638. The van der Waals surface area contributed by atoms with Crippen molar-refractivity contribution in [3.8, 4) is 5.75 Å². The first-order valence-electron chi connectivity index (χ1n) is 6.70. The summed E-state index contributed by atoms with van der Waals surface area (Å²) >= 11 is 6.25. The van der Waals surface area contributed by atoms with Crippen LogP contribution in [-0.4, -0.2) is 18.6 Å². The zero-order chi connectivity index (χ0) is 14.9. The van der Waals surface area contributed by atoms with Gasteiger partial charge in [-0.25, -0.2) is 0 Å². The molecule has 0 bridgehead atoms. The first-order valence-corrected chi connectivity index (χ1v) is 7.08. The van der Waals surface area contributed by atoms with E-state index in [1.165, 1.54) is 0 Å². The van der Waals surface area contributed by atoms with E-state index in [1.807, 2.05) is 25.1 Å². The van der Waals surface area contributed by atoms with Crippen molar-refractivity contribution in [3.05, 3.63) is 34.5 Å². The Morgan fingerprint density at radius 2 is 2.00 bits per heavy atom. The van der Waals surface area contributed by atoms with Crippen molar-refractivity contribution >= 4 is 22.5 Å². The SMILES string of the molecule is COc1cc(C)nc2c(CC(C)(C)CN)cc(Cl)cc12. The second-order valence-corrected chi connectivity index (χ2v) is 6.41. The molecule has 20 heavy (non-hydrogen) atoms. The summed E-state index contributed by atoms with van der Waals surface area (Å²) in [6.07, 6.45) is 0.833. The van der Waals surface area contributed by atoms with Crippen LogP contribution in [0.4, 0.5) is 0 Å². The van der Waals surface area contributed by atoms with Crippen molar-refractivity contribution in [2.24, 2.45) is 11.1 Å². The number of aryl methyl sites for hydroxylation is 1. The number of hydrogen-bond acceptors (Lipinski definition) is 3. The summed E-state index contributed by atoms with van der Waals surface area (Å²) in [7, 11) is 1.67. The van der Waals surface area contributed by atoms with E-state index in [-0.39, 0.29) is 5.41 Å². The number of nitrogens with two attached hydrogens (primary N) is 1. The topological polar surface area (TPSA) is 48.1 Å². The molecule has 3 nitrogen and oxygen atoms in total. The van der Waals surface area contributed by atoms with Gasteiger partial charge in [0.05, 0.1) is 12.6 Å². The van der Waals surface area contributed by atoms with Crippen LogP contribution in [0.15, 0.2) is 18.2 Å². The zero-order valence-corrected chi connectivity index (χ0v) is 13.2. The minimum absolute atomic E-state index is 0.0102. The van der Waals surface area contributed by atoms with E-state index in [0.717, 1.165) is 34.3 Å². The number of hydrogen-bond donors (Lipinski definition) is 1. The summed E-state index contributed by atoms with van der Waals surface area (Å²) in [4.78, 5) is 4.66. The van der Waals surface area contributed by atoms with Gasteiger partial charge in [-0.2, -0.15) is 0 Å². The van der Waals surface area contributed by atoms with Crippen molar-refractivity contribution in [2.75, 3.05) is 13.7 Å². The molecule has 2 aromatic rings. The lowest BCUT2D eigenvalue weighted by atomic mass is 9.85. The van der Waals surface area contributed by atoms with E-state index in [1.54, 1.807) is 7.11 Å². The van der Waals surface area contributed by atoms with E-state index < -0.39 is 0 Å². The van der Waals surface area contributed by atoms with Crippen LogP contribution in [0.2, 0.25) is 5.02 Å². The number of pyridine rings is 1. The van der Waals surface area contributed by atoms with E-state index in [0.29, 0.717) is 11.6 Å². The van der Waals surface area contributed by atoms with Crippen molar-refractivity contribution in [3.63, 3.8) is 0 Å². The maximum Gasteiger partial charge on any atom is 0.130 e. The van der Waals surface area contributed by atoms with Crippen molar-refractivity contribution in [1.29, 1.82) is 0 Å². The van der Waals surface area contributed by atoms with Gasteiger partial charge >= 0.3 is 0 Å². The Labute approximate surface area is 125 Å². The van der Waals surface area contributed by atoms with Crippen LogP contribution >= 0.6 is 11.6 Å². The van der Waals surface area contributed by atoms with Crippen molar-refractivity contribution < 1.29 is 4.74 Å². The number of ether oxygens (including phenoxy) is 1. The molecule has 0 spiro atoms. The van der Waals surface area contributed by atoms with Gasteiger partial charge in [-0.1, -0.05) is 25.4 Å². The summed E-state index contributed by atoms with van der Waals surface area (Å²) in [6.45, 7) is 6.87. The molecule has 4 heteroatoms. The number of rotatable bonds is 4. The lowest BCUT2D eigenvalue weighted by Crippen LogP contribution is -2.26. The van der Waals surface area contributed by atoms with E-state index in [9.17, 15) is 0 Å². The van der Waals surface area contributed by atoms with Crippen LogP contribution in [0, 0.1) is 12.3 Å². The van der Waals surface area contributed by atoms with Gasteiger partial charge in [-0.05, 0) is 43.0 Å². The van der Waals surface area contributed by atoms with Gasteiger partial charge in [-0.3, -0.25) is 4.98 Å². The molecular weight excluding hydrogens is 272 g/mol. The monoisotopic (exact) mass is 292 g/mol. The highest BCUT2D eigenvalue weighted by molar-refractivity contribution is 6.31. The van der Waals surface area contributed by atoms with Crippen LogP contribution in [0.3, 0.4) is 0 Å². The molecule has 1 aromatic heterocycles. The summed E-state index contributed by atoms with van der Waals surface area (Å²) in [5.41, 5.74) is 8.86. The second kappa shape index (κ2) is 5.58. The molecule has 0 unspecified atom stereocenters. The zero-order valence-electron chi connectivity index (χ0n) is 12.5. The highest BCUT2D eigenvalue weighted by Gasteiger charge is 2.20. The number of methoxy groups -OCH3 is 1. The molecule has 0 aliphatic heterocycles. The number of nitrogens with zero attached hydrogens (tertiary/aromatic N) is 1. The van der Waals surface area contributed by atoms with Crippen LogP contribution in [0.1, 0.15) is 25.1 Å². The smallest absolute Gasteiger partial charge is 0.130 e. The van der Waals surface area contributed by atoms with E-state index in [2.05, 4.69) is 18.8 Å². The lowest BCUT2D eigenvalue weighted by molar-refractivity contribution is 0.377. The first-order chi connectivity index (χ1) is 9.36. The Morgan fingerprint density at radius 3 is 2.60 bits per heavy atom. The van der Waals surface area contributed by atoms with Crippen LogP contribution < -0.4 is 10.5 Å². The fraction of sp³-hybridized carbons (Fsp3) is 0.438. The maximum atomic E-state index is 6.25. The van der Waals surface area contributed by atoms with Crippen molar-refractivity contribution in [1.82, 2.24) is 4.98 Å². The molecule has 1 heterocycles. The summed E-state index contributed by atoms with van der Waals surface area (Å²) in [5, 5.41) is 1.65. The average molecular weight is 293 g/mol. The minimum atomic E-state index is 0.0102. The molecule has 1 aromatic carbocycles. The predicted molar refractivity (Wildman–Crippen MR) is 84.6 cm³/mol. The molecule has 0 saturated carbocycles. The third-order valence-corrected chi connectivity index (χ3v) is 3.71. The van der Waals surface area contributed by atoms with E-state index in [4.69, 9.17) is 22.1 Å². The van der Waals surface area contributed by atoms with E-state index >= 15 is 0 Å². The fourth-order valence-corrected chi connectivity index (χ4v) is 2.58. The third-order valence-electron chi connectivity index (χ3n) is 3.49. The minimum Gasteiger partial charge on any atom is -0.496 e. The summed E-state index contributed by atoms with van der Waals surface area (Å²) in [5.74, 6) is 0.807. The van der Waals surface area contributed by atoms with Gasteiger partial charge in [0.15, 0.2) is 0 Å². The average Bonchev–Trinajstić information content (AvgIpc) is 2.38. The molecule has 0 aliphatic rings. The molecule has 0 fully saturated rings. The van der Waals surface area contributed by atoms with Gasteiger partial charge in [0, 0.05) is 22.2 Å². The highest BCUT2D eigenvalue weighted by atomic mass is 35.5. The van der Waals surface area contributed by atoms with Crippen LogP contribution in [-0.2, 0) is 6.42 Å². The van der Waals surface area contributed by atoms with Gasteiger partial charge < -0.3 is 10.5 Å². The Hall–Kier alpha value is -1.32. The number of benzene rings is 1. The Balaban J connectivity index is 2.68. The largest absolute Gasteiger partial charge is 0.496 e. The summed E-state index contributed by atoms with van der Waals surface area (Å²) < 4.78 is 5.45. The molecule has 2 rings (SSSR count). The second-order valence-electron chi connectivity index (χ2n) is 5.97. The van der Waals surface area contributed by atoms with Crippen LogP contribution in [0.25, 0.3) is 10.9 Å². The maximum absolute atomic E-state index is 6.25. The fourth-order valence-electron chi connectivity index (χ4n) is 2.34. The molecule has 0 radical (unpaired) electrons. The molecule has 108 valence electrons. The molecule has 0 amide bonds. The summed E-state index contributed by atoms with van der Waals surface area (Å²) in [6, 6.07) is 5.81. The van der Waals surface area contributed by atoms with Gasteiger partial charge in [-0.15, -0.1) is 0 Å². The lowest BCUT2D eigenvalue weighted by Gasteiger charge is -2.23. The first kappa shape index (κ1) is 15.1. The predicted octanol–water partition coefficient (Wildman–Crippen LogP) is 3.73. The highest BCUT2D eigenvalue weighted by Crippen LogP contribution is 2.33. The van der Waals surface area contributed by atoms with Gasteiger partial charge in [0.2, 0.25) is 0 Å².